The van der Waals surface area contributed by atoms with E-state index >= 15 is 0 Å². The van der Waals surface area contributed by atoms with Crippen LogP contribution in [0.3, 0.4) is 0 Å². The molecule has 0 N–H and O–H groups in total. The van der Waals surface area contributed by atoms with Crippen molar-refractivity contribution in [3.05, 3.63) is 83.9 Å². The van der Waals surface area contributed by atoms with Crippen LogP contribution in [0.25, 0.3) is 34.7 Å². The molecule has 1 aromatic heterocycles. The first-order chi connectivity index (χ1) is 12.3. The van der Waals surface area contributed by atoms with Crippen LogP contribution in [0.2, 0.25) is 0 Å². The van der Waals surface area contributed by atoms with E-state index in [-0.39, 0.29) is 0 Å². The van der Waals surface area contributed by atoms with Gasteiger partial charge in [-0.2, -0.15) is 0 Å². The standard InChI is InChI=1S/C22H17NO2/c1-24-20-13-7-10-18(17(20)15-14-16-8-3-2-4-9-16)22-23-19-11-5-6-12-21(19)25-22/h2-15H,1H3. The van der Waals surface area contributed by atoms with Gasteiger partial charge in [0.1, 0.15) is 11.3 Å². The van der Waals surface area contributed by atoms with Crippen LogP contribution in [0.1, 0.15) is 11.1 Å². The third-order valence-electron chi connectivity index (χ3n) is 4.05. The average molecular weight is 327 g/mol. The Morgan fingerprint density at radius 3 is 2.44 bits per heavy atom. The van der Waals surface area contributed by atoms with Crippen LogP contribution in [0, 0.1) is 0 Å². The van der Waals surface area contributed by atoms with Gasteiger partial charge in [-0.25, -0.2) is 4.98 Å². The topological polar surface area (TPSA) is 35.3 Å². The summed E-state index contributed by atoms with van der Waals surface area (Å²) in [6, 6.07) is 23.8. The van der Waals surface area contributed by atoms with Gasteiger partial charge < -0.3 is 9.15 Å². The third kappa shape index (κ3) is 3.04. The molecule has 0 fully saturated rings. The van der Waals surface area contributed by atoms with Gasteiger partial charge in [0, 0.05) is 11.1 Å². The fourth-order valence-corrected chi connectivity index (χ4v) is 2.81. The van der Waals surface area contributed by atoms with Crippen LogP contribution in [-0.4, -0.2) is 12.1 Å². The predicted molar refractivity (Wildman–Crippen MR) is 101 cm³/mol. The maximum absolute atomic E-state index is 5.95. The van der Waals surface area contributed by atoms with Gasteiger partial charge in [-0.1, -0.05) is 54.6 Å². The minimum atomic E-state index is 0.591. The molecular formula is C22H17NO2. The molecule has 0 atom stereocenters. The van der Waals surface area contributed by atoms with E-state index in [9.17, 15) is 0 Å². The lowest BCUT2D eigenvalue weighted by molar-refractivity contribution is 0.414. The molecule has 4 rings (SSSR count). The molecule has 0 unspecified atom stereocenters. The van der Waals surface area contributed by atoms with Crippen molar-refractivity contribution in [1.82, 2.24) is 4.98 Å². The molecule has 3 aromatic carbocycles. The highest BCUT2D eigenvalue weighted by Gasteiger charge is 2.14. The molecule has 25 heavy (non-hydrogen) atoms. The fourth-order valence-electron chi connectivity index (χ4n) is 2.81. The Labute approximate surface area is 146 Å². The lowest BCUT2D eigenvalue weighted by atomic mass is 10.0. The predicted octanol–water partition coefficient (Wildman–Crippen LogP) is 5.67. The van der Waals surface area contributed by atoms with Crippen LogP contribution in [0.5, 0.6) is 5.75 Å². The SMILES string of the molecule is COc1cccc(-c2nc3ccccc3o2)c1C=Cc1ccccc1. The summed E-state index contributed by atoms with van der Waals surface area (Å²) < 4.78 is 11.5. The van der Waals surface area contributed by atoms with Gasteiger partial charge in [0.05, 0.1) is 7.11 Å². The van der Waals surface area contributed by atoms with E-state index in [4.69, 9.17) is 9.15 Å². The highest BCUT2D eigenvalue weighted by atomic mass is 16.5. The highest BCUT2D eigenvalue weighted by Crippen LogP contribution is 2.33. The lowest BCUT2D eigenvalue weighted by Crippen LogP contribution is -1.90. The number of methoxy groups -OCH3 is 1. The first-order valence-electron chi connectivity index (χ1n) is 8.11. The minimum absolute atomic E-state index is 0.591. The Hall–Kier alpha value is -3.33. The van der Waals surface area contributed by atoms with Crippen LogP contribution in [0.15, 0.2) is 77.2 Å². The molecule has 0 saturated heterocycles. The largest absolute Gasteiger partial charge is 0.496 e. The summed E-state index contributed by atoms with van der Waals surface area (Å²) in [6.07, 6.45) is 4.10. The monoisotopic (exact) mass is 327 g/mol. The van der Waals surface area contributed by atoms with E-state index in [1.54, 1.807) is 7.11 Å². The summed E-state index contributed by atoms with van der Waals surface area (Å²) in [7, 11) is 1.67. The molecule has 0 radical (unpaired) electrons. The summed E-state index contributed by atoms with van der Waals surface area (Å²) in [5.74, 6) is 1.37. The Bertz CT molecular complexity index is 999. The van der Waals surface area contributed by atoms with Crippen LogP contribution < -0.4 is 4.74 Å². The number of oxazole rings is 1. The zero-order valence-electron chi connectivity index (χ0n) is 13.8. The van der Waals surface area contributed by atoms with Gasteiger partial charge in [-0.3, -0.25) is 0 Å². The Morgan fingerprint density at radius 1 is 0.840 bits per heavy atom. The summed E-state index contributed by atoms with van der Waals surface area (Å²) >= 11 is 0. The fraction of sp³-hybridized carbons (Fsp3) is 0.0455. The number of nitrogens with zero attached hydrogens (tertiary/aromatic N) is 1. The first-order valence-corrected chi connectivity index (χ1v) is 8.11. The summed E-state index contributed by atoms with van der Waals surface area (Å²) in [6.45, 7) is 0. The van der Waals surface area contributed by atoms with E-state index in [0.29, 0.717) is 5.89 Å². The molecule has 4 aromatic rings. The number of para-hydroxylation sites is 2. The molecule has 0 aliphatic rings. The Balaban J connectivity index is 1.83. The maximum atomic E-state index is 5.95. The number of aromatic nitrogens is 1. The van der Waals surface area contributed by atoms with Crippen LogP contribution in [0.4, 0.5) is 0 Å². The zero-order chi connectivity index (χ0) is 17.1. The molecule has 0 aliphatic carbocycles. The molecule has 122 valence electrons. The van der Waals surface area contributed by atoms with Crippen LogP contribution >= 0.6 is 0 Å². The van der Waals surface area contributed by atoms with Crippen molar-refractivity contribution in [3.8, 4) is 17.2 Å². The molecule has 0 saturated carbocycles. The van der Waals surface area contributed by atoms with Gasteiger partial charge in [0.2, 0.25) is 5.89 Å². The van der Waals surface area contributed by atoms with Crippen molar-refractivity contribution >= 4 is 23.3 Å². The minimum Gasteiger partial charge on any atom is -0.496 e. The van der Waals surface area contributed by atoms with Gasteiger partial charge in [0.15, 0.2) is 5.58 Å². The average Bonchev–Trinajstić information content (AvgIpc) is 3.11. The van der Waals surface area contributed by atoms with E-state index in [1.807, 2.05) is 66.7 Å². The van der Waals surface area contributed by atoms with Crippen molar-refractivity contribution < 1.29 is 9.15 Å². The lowest BCUT2D eigenvalue weighted by Gasteiger charge is -2.08. The molecule has 3 heteroatoms. The number of hydrogen-bond donors (Lipinski definition) is 0. The van der Waals surface area contributed by atoms with Gasteiger partial charge >= 0.3 is 0 Å². The number of rotatable bonds is 4. The number of benzene rings is 3. The Kier molecular flexibility index (Phi) is 4.05. The van der Waals surface area contributed by atoms with E-state index in [2.05, 4.69) is 23.2 Å². The maximum Gasteiger partial charge on any atom is 0.228 e. The van der Waals surface area contributed by atoms with Crippen molar-refractivity contribution in [1.29, 1.82) is 0 Å². The summed E-state index contributed by atoms with van der Waals surface area (Å²) in [5.41, 5.74) is 4.59. The second-order valence-corrected chi connectivity index (χ2v) is 5.65. The summed E-state index contributed by atoms with van der Waals surface area (Å²) in [5, 5.41) is 0. The third-order valence-corrected chi connectivity index (χ3v) is 4.05. The van der Waals surface area contributed by atoms with Crippen molar-refractivity contribution in [2.24, 2.45) is 0 Å². The van der Waals surface area contributed by atoms with E-state index < -0.39 is 0 Å². The van der Waals surface area contributed by atoms with Gasteiger partial charge in [-0.05, 0) is 35.9 Å². The Morgan fingerprint density at radius 2 is 1.64 bits per heavy atom. The molecule has 0 aliphatic heterocycles. The van der Waals surface area contributed by atoms with Crippen molar-refractivity contribution in [2.75, 3.05) is 7.11 Å². The van der Waals surface area contributed by atoms with Gasteiger partial charge in [-0.15, -0.1) is 0 Å². The van der Waals surface area contributed by atoms with Crippen LogP contribution in [-0.2, 0) is 0 Å². The second-order valence-electron chi connectivity index (χ2n) is 5.65. The molecule has 3 nitrogen and oxygen atoms in total. The first kappa shape index (κ1) is 15.2. The summed E-state index contributed by atoms with van der Waals surface area (Å²) in [4.78, 5) is 4.62. The zero-order valence-corrected chi connectivity index (χ0v) is 13.8. The van der Waals surface area contributed by atoms with E-state index in [0.717, 1.165) is 33.5 Å². The smallest absolute Gasteiger partial charge is 0.228 e. The number of ether oxygens (including phenoxy) is 1. The molecular weight excluding hydrogens is 310 g/mol. The van der Waals surface area contributed by atoms with Crippen molar-refractivity contribution in [2.45, 2.75) is 0 Å². The highest BCUT2D eigenvalue weighted by molar-refractivity contribution is 5.84. The molecule has 1 heterocycles. The second kappa shape index (κ2) is 6.65. The molecule has 0 spiro atoms. The van der Waals surface area contributed by atoms with Crippen molar-refractivity contribution in [3.63, 3.8) is 0 Å². The molecule has 0 amide bonds. The number of fused-ring (bicyclic) bond motifs is 1. The quantitative estimate of drug-likeness (QED) is 0.453. The van der Waals surface area contributed by atoms with E-state index in [1.165, 1.54) is 0 Å². The molecule has 0 bridgehead atoms. The van der Waals surface area contributed by atoms with Gasteiger partial charge in [0.25, 0.3) is 0 Å². The number of hydrogen-bond acceptors (Lipinski definition) is 3. The normalized spacial score (nSPS) is 11.2.